The fraction of sp³-hybridized carbons (Fsp3) is 0.304. The summed E-state index contributed by atoms with van der Waals surface area (Å²) >= 11 is 0. The monoisotopic (exact) mass is 374 g/mol. The second-order valence-corrected chi connectivity index (χ2v) is 7.72. The van der Waals surface area contributed by atoms with E-state index in [1.807, 2.05) is 22.9 Å². The Kier molecular flexibility index (Phi) is 4.90. The highest BCUT2D eigenvalue weighted by molar-refractivity contribution is 5.77. The summed E-state index contributed by atoms with van der Waals surface area (Å²) in [6, 6.07) is 12.6. The number of aromatic nitrogens is 4. The number of hydrogen-bond donors (Lipinski definition) is 1. The predicted molar refractivity (Wildman–Crippen MR) is 112 cm³/mol. The van der Waals surface area contributed by atoms with E-state index < -0.39 is 0 Å². The SMILES string of the molecule is CC(C)c1cccc(C(C)C)c1OCc1nc2ccc(-n3ccnc3)cc2[nH]1. The lowest BCUT2D eigenvalue weighted by Gasteiger charge is -2.19. The number of benzene rings is 2. The normalized spacial score (nSPS) is 11.6. The molecule has 0 bridgehead atoms. The van der Waals surface area contributed by atoms with Gasteiger partial charge in [-0.3, -0.25) is 0 Å². The molecule has 2 aromatic heterocycles. The number of nitrogens with zero attached hydrogens (tertiary/aromatic N) is 3. The lowest BCUT2D eigenvalue weighted by molar-refractivity contribution is 0.289. The van der Waals surface area contributed by atoms with Gasteiger partial charge in [0, 0.05) is 18.1 Å². The molecular weight excluding hydrogens is 348 g/mol. The molecular formula is C23H26N4O. The van der Waals surface area contributed by atoms with Gasteiger partial charge in [0.15, 0.2) is 0 Å². The molecule has 5 nitrogen and oxygen atoms in total. The minimum Gasteiger partial charge on any atom is -0.485 e. The number of hydrogen-bond acceptors (Lipinski definition) is 3. The number of fused-ring (bicyclic) bond motifs is 1. The summed E-state index contributed by atoms with van der Waals surface area (Å²) in [5.74, 6) is 2.63. The standard InChI is InChI=1S/C23H26N4O/c1-15(2)18-6-5-7-19(16(3)4)23(18)28-13-22-25-20-9-8-17(12-21(20)26-22)27-11-10-24-14-27/h5-12,14-16H,13H2,1-4H3,(H,25,26). The summed E-state index contributed by atoms with van der Waals surface area (Å²) in [5, 5.41) is 0. The molecule has 144 valence electrons. The van der Waals surface area contributed by atoms with Crippen molar-refractivity contribution in [2.45, 2.75) is 46.1 Å². The highest BCUT2D eigenvalue weighted by Gasteiger charge is 2.16. The molecule has 0 atom stereocenters. The minimum absolute atomic E-state index is 0.405. The number of ether oxygens (including phenoxy) is 1. The number of para-hydroxylation sites is 1. The van der Waals surface area contributed by atoms with Crippen LogP contribution in [0, 0.1) is 0 Å². The van der Waals surface area contributed by atoms with Gasteiger partial charge in [-0.2, -0.15) is 0 Å². The van der Waals surface area contributed by atoms with E-state index in [0.29, 0.717) is 18.4 Å². The van der Waals surface area contributed by atoms with Crippen LogP contribution in [0.2, 0.25) is 0 Å². The first kappa shape index (κ1) is 18.3. The topological polar surface area (TPSA) is 55.7 Å². The van der Waals surface area contributed by atoms with Crippen molar-refractivity contribution in [1.29, 1.82) is 0 Å². The molecule has 28 heavy (non-hydrogen) atoms. The summed E-state index contributed by atoms with van der Waals surface area (Å²) in [5.41, 5.74) is 5.46. The lowest BCUT2D eigenvalue weighted by Crippen LogP contribution is -2.05. The van der Waals surface area contributed by atoms with Crippen LogP contribution in [0.25, 0.3) is 16.7 Å². The van der Waals surface area contributed by atoms with Crippen molar-refractivity contribution >= 4 is 11.0 Å². The van der Waals surface area contributed by atoms with E-state index in [4.69, 9.17) is 9.72 Å². The third-order valence-corrected chi connectivity index (χ3v) is 4.99. The summed E-state index contributed by atoms with van der Waals surface area (Å²) in [6.45, 7) is 9.21. The Morgan fingerprint density at radius 2 is 1.79 bits per heavy atom. The van der Waals surface area contributed by atoms with Crippen molar-refractivity contribution in [1.82, 2.24) is 19.5 Å². The third-order valence-electron chi connectivity index (χ3n) is 4.99. The molecule has 2 heterocycles. The van der Waals surface area contributed by atoms with Gasteiger partial charge in [0.25, 0.3) is 0 Å². The van der Waals surface area contributed by atoms with Crippen LogP contribution in [0.1, 0.15) is 56.5 Å². The quantitative estimate of drug-likeness (QED) is 0.480. The van der Waals surface area contributed by atoms with Crippen LogP contribution in [-0.2, 0) is 6.61 Å². The van der Waals surface area contributed by atoms with Crippen LogP contribution in [-0.4, -0.2) is 19.5 Å². The predicted octanol–water partition coefficient (Wildman–Crippen LogP) is 5.57. The molecule has 4 aromatic rings. The summed E-state index contributed by atoms with van der Waals surface area (Å²) < 4.78 is 8.28. The van der Waals surface area contributed by atoms with Gasteiger partial charge in [0.2, 0.25) is 0 Å². The molecule has 0 unspecified atom stereocenters. The molecule has 4 rings (SSSR count). The number of aromatic amines is 1. The van der Waals surface area contributed by atoms with Crippen molar-refractivity contribution < 1.29 is 4.74 Å². The zero-order valence-electron chi connectivity index (χ0n) is 16.8. The van der Waals surface area contributed by atoms with Crippen LogP contribution in [0.4, 0.5) is 0 Å². The molecule has 0 aliphatic heterocycles. The highest BCUT2D eigenvalue weighted by Crippen LogP contribution is 2.35. The molecule has 0 saturated carbocycles. The van der Waals surface area contributed by atoms with E-state index in [2.05, 4.69) is 61.9 Å². The molecule has 0 amide bonds. The van der Waals surface area contributed by atoms with E-state index in [0.717, 1.165) is 28.3 Å². The molecule has 0 radical (unpaired) electrons. The smallest absolute Gasteiger partial charge is 0.146 e. The Labute approximate surface area is 165 Å². The molecule has 2 aromatic carbocycles. The van der Waals surface area contributed by atoms with Crippen molar-refractivity contribution in [2.24, 2.45) is 0 Å². The second kappa shape index (κ2) is 7.50. The largest absolute Gasteiger partial charge is 0.485 e. The van der Waals surface area contributed by atoms with Crippen LogP contribution >= 0.6 is 0 Å². The zero-order valence-corrected chi connectivity index (χ0v) is 16.8. The first-order valence-electron chi connectivity index (χ1n) is 9.75. The molecule has 0 aliphatic carbocycles. The molecule has 0 fully saturated rings. The highest BCUT2D eigenvalue weighted by atomic mass is 16.5. The van der Waals surface area contributed by atoms with E-state index >= 15 is 0 Å². The van der Waals surface area contributed by atoms with E-state index in [1.165, 1.54) is 11.1 Å². The van der Waals surface area contributed by atoms with Crippen molar-refractivity contribution in [3.05, 3.63) is 72.1 Å². The van der Waals surface area contributed by atoms with Gasteiger partial charge in [0.1, 0.15) is 18.2 Å². The van der Waals surface area contributed by atoms with E-state index in [1.54, 1.807) is 12.5 Å². The summed E-state index contributed by atoms with van der Waals surface area (Å²) in [4.78, 5) is 12.2. The van der Waals surface area contributed by atoms with Gasteiger partial charge in [-0.1, -0.05) is 45.9 Å². The molecule has 1 N–H and O–H groups in total. The van der Waals surface area contributed by atoms with Crippen molar-refractivity contribution in [3.63, 3.8) is 0 Å². The van der Waals surface area contributed by atoms with Gasteiger partial charge >= 0.3 is 0 Å². The third kappa shape index (κ3) is 3.52. The Morgan fingerprint density at radius 1 is 1.04 bits per heavy atom. The van der Waals surface area contributed by atoms with Crippen molar-refractivity contribution in [3.8, 4) is 11.4 Å². The van der Waals surface area contributed by atoms with Gasteiger partial charge < -0.3 is 14.3 Å². The van der Waals surface area contributed by atoms with E-state index in [-0.39, 0.29) is 0 Å². The Balaban J connectivity index is 1.61. The van der Waals surface area contributed by atoms with Crippen LogP contribution in [0.5, 0.6) is 5.75 Å². The number of rotatable bonds is 6. The van der Waals surface area contributed by atoms with E-state index in [9.17, 15) is 0 Å². The van der Waals surface area contributed by atoms with Crippen LogP contribution in [0.3, 0.4) is 0 Å². The van der Waals surface area contributed by atoms with Gasteiger partial charge in [-0.25, -0.2) is 9.97 Å². The fourth-order valence-corrected chi connectivity index (χ4v) is 3.48. The first-order valence-corrected chi connectivity index (χ1v) is 9.75. The van der Waals surface area contributed by atoms with Gasteiger partial charge in [0.05, 0.1) is 17.4 Å². The average molecular weight is 374 g/mol. The number of imidazole rings is 2. The maximum Gasteiger partial charge on any atom is 0.146 e. The molecule has 0 saturated heterocycles. The first-order chi connectivity index (χ1) is 13.5. The fourth-order valence-electron chi connectivity index (χ4n) is 3.48. The number of H-pyrrole nitrogens is 1. The van der Waals surface area contributed by atoms with Crippen molar-refractivity contribution in [2.75, 3.05) is 0 Å². The van der Waals surface area contributed by atoms with Gasteiger partial charge in [-0.15, -0.1) is 0 Å². The number of nitrogens with one attached hydrogen (secondary N) is 1. The Morgan fingerprint density at radius 3 is 2.43 bits per heavy atom. The molecule has 0 aliphatic rings. The summed E-state index contributed by atoms with van der Waals surface area (Å²) in [7, 11) is 0. The molecule has 5 heteroatoms. The minimum atomic E-state index is 0.405. The van der Waals surface area contributed by atoms with Crippen LogP contribution < -0.4 is 4.74 Å². The maximum absolute atomic E-state index is 6.30. The molecule has 0 spiro atoms. The Bertz CT molecular complexity index is 1050. The maximum atomic E-state index is 6.30. The zero-order chi connectivity index (χ0) is 19.7. The Hall–Kier alpha value is -3.08. The van der Waals surface area contributed by atoms with Gasteiger partial charge in [-0.05, 0) is 41.2 Å². The lowest BCUT2D eigenvalue weighted by atomic mass is 9.94. The summed E-state index contributed by atoms with van der Waals surface area (Å²) in [6.07, 6.45) is 5.49. The van der Waals surface area contributed by atoms with Crippen LogP contribution in [0.15, 0.2) is 55.1 Å². The second-order valence-electron chi connectivity index (χ2n) is 7.72. The average Bonchev–Trinajstić information content (AvgIpc) is 3.34.